The van der Waals surface area contributed by atoms with E-state index in [1.807, 2.05) is 13.0 Å². The van der Waals surface area contributed by atoms with Crippen molar-refractivity contribution in [2.45, 2.75) is 44.4 Å². The van der Waals surface area contributed by atoms with Crippen LogP contribution in [0.3, 0.4) is 0 Å². The van der Waals surface area contributed by atoms with Crippen molar-refractivity contribution in [1.82, 2.24) is 15.0 Å². The average molecular weight is 445 g/mol. The molecule has 0 radical (unpaired) electrons. The molecule has 0 amide bonds. The topological polar surface area (TPSA) is 41.6 Å². The second-order valence-electron chi connectivity index (χ2n) is 8.56. The van der Waals surface area contributed by atoms with Gasteiger partial charge in [-0.3, -0.25) is 4.98 Å². The summed E-state index contributed by atoms with van der Waals surface area (Å²) in [7, 11) is 0. The van der Waals surface area contributed by atoms with Crippen molar-refractivity contribution in [3.05, 3.63) is 70.9 Å². The number of aromatic nitrogens is 3. The minimum atomic E-state index is -1.86. The first-order valence-corrected chi connectivity index (χ1v) is 10.6. The Balaban J connectivity index is 1.38. The van der Waals surface area contributed by atoms with Gasteiger partial charge in [-0.1, -0.05) is 6.92 Å². The molecule has 1 fully saturated rings. The van der Waals surface area contributed by atoms with Gasteiger partial charge in [-0.15, -0.1) is 0 Å². The van der Waals surface area contributed by atoms with Crippen molar-refractivity contribution in [3.63, 3.8) is 0 Å². The van der Waals surface area contributed by atoms with E-state index in [9.17, 15) is 22.0 Å². The number of H-pyrrole nitrogens is 1. The Morgan fingerprint density at radius 1 is 0.906 bits per heavy atom. The Hall–Kier alpha value is -3.03. The number of nitrogens with one attached hydrogen (secondary N) is 1. The minimum Gasteiger partial charge on any atom is -0.339 e. The van der Waals surface area contributed by atoms with Crippen molar-refractivity contribution in [3.8, 4) is 0 Å². The normalized spacial score (nSPS) is 20.2. The molecule has 1 unspecified atom stereocenters. The molecule has 1 aliphatic rings. The lowest BCUT2D eigenvalue weighted by molar-refractivity contribution is 0.286. The van der Waals surface area contributed by atoms with Gasteiger partial charge < -0.3 is 4.98 Å². The summed E-state index contributed by atoms with van der Waals surface area (Å²) in [4.78, 5) is 11.0. The van der Waals surface area contributed by atoms with Crippen molar-refractivity contribution in [2.24, 2.45) is 5.92 Å². The first-order valence-electron chi connectivity index (χ1n) is 10.6. The molecule has 0 aliphatic heterocycles. The molecular formula is C24H20F5N3. The van der Waals surface area contributed by atoms with Crippen LogP contribution >= 0.6 is 0 Å². The average Bonchev–Trinajstić information content (AvgIpc) is 3.26. The summed E-state index contributed by atoms with van der Waals surface area (Å²) in [5.41, 5.74) is 0.842. The van der Waals surface area contributed by atoms with Gasteiger partial charge in [-0.25, -0.2) is 26.9 Å². The Morgan fingerprint density at radius 2 is 1.62 bits per heavy atom. The number of nitrogens with zero attached hydrogens (tertiary/aromatic N) is 2. The lowest BCUT2D eigenvalue weighted by atomic mass is 9.73. The van der Waals surface area contributed by atoms with Crippen LogP contribution in [0.25, 0.3) is 21.9 Å². The molecule has 1 saturated carbocycles. The molecule has 2 aromatic heterocycles. The SMILES string of the molecule is CC(c1nc2c(F)c(F)c(F)c(F)c2[nH]1)C1CCC(c2ccnc3ccc(F)cc23)CC1. The first kappa shape index (κ1) is 20.8. The second-order valence-corrected chi connectivity index (χ2v) is 8.56. The van der Waals surface area contributed by atoms with Crippen molar-refractivity contribution in [2.75, 3.05) is 0 Å². The monoisotopic (exact) mass is 445 g/mol. The number of aromatic amines is 1. The minimum absolute atomic E-state index is 0.178. The summed E-state index contributed by atoms with van der Waals surface area (Å²) in [6.45, 7) is 1.89. The molecule has 2 heterocycles. The number of rotatable bonds is 3. The van der Waals surface area contributed by atoms with Gasteiger partial charge in [0.05, 0.1) is 5.52 Å². The molecule has 2 aromatic carbocycles. The third-order valence-corrected chi connectivity index (χ3v) is 6.82. The van der Waals surface area contributed by atoms with E-state index in [1.54, 1.807) is 12.3 Å². The molecule has 1 N–H and O–H groups in total. The summed E-state index contributed by atoms with van der Waals surface area (Å²) < 4.78 is 69.0. The molecule has 0 bridgehead atoms. The van der Waals surface area contributed by atoms with E-state index in [1.165, 1.54) is 12.1 Å². The fourth-order valence-corrected chi connectivity index (χ4v) is 4.98. The highest BCUT2D eigenvalue weighted by molar-refractivity contribution is 5.82. The summed E-state index contributed by atoms with van der Waals surface area (Å²) in [6, 6.07) is 6.52. The van der Waals surface area contributed by atoms with Crippen molar-refractivity contribution < 1.29 is 22.0 Å². The second kappa shape index (κ2) is 7.83. The lowest BCUT2D eigenvalue weighted by Crippen LogP contribution is -2.19. The van der Waals surface area contributed by atoms with Gasteiger partial charge in [-0.05, 0) is 67.3 Å². The van der Waals surface area contributed by atoms with E-state index in [-0.39, 0.29) is 23.6 Å². The molecule has 4 aromatic rings. The molecule has 3 nitrogen and oxygen atoms in total. The lowest BCUT2D eigenvalue weighted by Gasteiger charge is -2.32. The van der Waals surface area contributed by atoms with Gasteiger partial charge in [0, 0.05) is 17.5 Å². The summed E-state index contributed by atoms with van der Waals surface area (Å²) in [5.74, 6) is -6.41. The van der Waals surface area contributed by atoms with E-state index in [2.05, 4.69) is 15.0 Å². The van der Waals surface area contributed by atoms with Gasteiger partial charge in [-0.2, -0.15) is 0 Å². The highest BCUT2D eigenvalue weighted by Gasteiger charge is 2.31. The van der Waals surface area contributed by atoms with Crippen LogP contribution in [0, 0.1) is 35.0 Å². The summed E-state index contributed by atoms with van der Waals surface area (Å²) in [5, 5.41) is 0.816. The number of halogens is 5. The van der Waals surface area contributed by atoms with E-state index in [0.29, 0.717) is 5.82 Å². The predicted octanol–water partition coefficient (Wildman–Crippen LogP) is 6.88. The van der Waals surface area contributed by atoms with Crippen LogP contribution in [0.5, 0.6) is 0 Å². The van der Waals surface area contributed by atoms with E-state index < -0.39 is 34.3 Å². The Kier molecular flexibility index (Phi) is 5.10. The number of hydrogen-bond acceptors (Lipinski definition) is 2. The van der Waals surface area contributed by atoms with Gasteiger partial charge in [0.2, 0.25) is 0 Å². The summed E-state index contributed by atoms with van der Waals surface area (Å²) in [6.07, 6.45) is 5.11. The summed E-state index contributed by atoms with van der Waals surface area (Å²) >= 11 is 0. The Labute approximate surface area is 180 Å². The highest BCUT2D eigenvalue weighted by atomic mass is 19.2. The molecule has 1 aliphatic carbocycles. The van der Waals surface area contributed by atoms with E-state index >= 15 is 0 Å². The Bertz CT molecular complexity index is 1280. The molecular weight excluding hydrogens is 425 g/mol. The fourth-order valence-electron chi connectivity index (χ4n) is 4.98. The van der Waals surface area contributed by atoms with Gasteiger partial charge in [0.15, 0.2) is 23.3 Å². The maximum Gasteiger partial charge on any atom is 0.199 e. The van der Waals surface area contributed by atoms with Crippen molar-refractivity contribution >= 4 is 21.9 Å². The van der Waals surface area contributed by atoms with E-state index in [4.69, 9.17) is 0 Å². The van der Waals surface area contributed by atoms with Crippen LogP contribution in [-0.2, 0) is 0 Å². The molecule has 1 atom stereocenters. The standard InChI is InChI=1S/C24H20F5N3/c1-11(24-31-22-20(28)18(26)19(27)21(29)23(22)32-24)12-2-4-13(5-3-12)15-8-9-30-17-7-6-14(25)10-16(15)17/h6-13H,2-5H2,1H3,(H,31,32). The number of fused-ring (bicyclic) bond motifs is 2. The smallest absolute Gasteiger partial charge is 0.199 e. The van der Waals surface area contributed by atoms with Gasteiger partial charge in [0.1, 0.15) is 22.7 Å². The molecule has 0 spiro atoms. The molecule has 166 valence electrons. The molecule has 8 heteroatoms. The van der Waals surface area contributed by atoms with Crippen LogP contribution in [0.2, 0.25) is 0 Å². The molecule has 5 rings (SSSR count). The fraction of sp³-hybridized carbons (Fsp3) is 0.333. The third-order valence-electron chi connectivity index (χ3n) is 6.82. The van der Waals surface area contributed by atoms with Crippen LogP contribution in [0.15, 0.2) is 30.5 Å². The largest absolute Gasteiger partial charge is 0.339 e. The number of hydrogen-bond donors (Lipinski definition) is 1. The van der Waals surface area contributed by atoms with Crippen LogP contribution in [-0.4, -0.2) is 15.0 Å². The van der Waals surface area contributed by atoms with Gasteiger partial charge in [0.25, 0.3) is 0 Å². The van der Waals surface area contributed by atoms with Gasteiger partial charge >= 0.3 is 0 Å². The predicted molar refractivity (Wildman–Crippen MR) is 111 cm³/mol. The molecule has 32 heavy (non-hydrogen) atoms. The number of imidazole rings is 1. The number of pyridine rings is 1. The van der Waals surface area contributed by atoms with Crippen molar-refractivity contribution in [1.29, 1.82) is 0 Å². The Morgan fingerprint density at radius 3 is 2.38 bits per heavy atom. The first-order chi connectivity index (χ1) is 15.3. The highest BCUT2D eigenvalue weighted by Crippen LogP contribution is 2.43. The zero-order valence-corrected chi connectivity index (χ0v) is 17.2. The van der Waals surface area contributed by atoms with E-state index in [0.717, 1.165) is 42.1 Å². The van der Waals surface area contributed by atoms with Crippen LogP contribution in [0.4, 0.5) is 22.0 Å². The zero-order valence-electron chi connectivity index (χ0n) is 17.2. The van der Waals surface area contributed by atoms with Crippen LogP contribution < -0.4 is 0 Å². The quantitative estimate of drug-likeness (QED) is 0.212. The molecule has 0 saturated heterocycles. The van der Waals surface area contributed by atoms with Crippen LogP contribution in [0.1, 0.15) is 55.8 Å². The maximum absolute atomic E-state index is 14.1. The zero-order chi connectivity index (χ0) is 22.6. The third kappa shape index (κ3) is 3.32. The maximum atomic E-state index is 14.1. The number of benzene rings is 2.